The van der Waals surface area contributed by atoms with E-state index in [9.17, 15) is 4.79 Å². The summed E-state index contributed by atoms with van der Waals surface area (Å²) >= 11 is 0. The molecular weight excluding hydrogens is 238 g/mol. The van der Waals surface area contributed by atoms with Crippen molar-refractivity contribution in [3.8, 4) is 11.8 Å². The van der Waals surface area contributed by atoms with Crippen LogP contribution in [0.4, 0.5) is 0 Å². The highest BCUT2D eigenvalue weighted by Crippen LogP contribution is 2.20. The second kappa shape index (κ2) is 5.90. The number of aliphatic hydroxyl groups excluding tert-OH is 1. The molecule has 1 atom stereocenters. The number of aliphatic hydroxyl groups is 1. The monoisotopic (exact) mass is 257 g/mol. The third-order valence-electron chi connectivity index (χ3n) is 3.45. The summed E-state index contributed by atoms with van der Waals surface area (Å²) in [4.78, 5) is 14.4. The summed E-state index contributed by atoms with van der Waals surface area (Å²) in [6, 6.07) is 5.95. The molecule has 19 heavy (non-hydrogen) atoms. The minimum Gasteiger partial charge on any atom is -0.384 e. The van der Waals surface area contributed by atoms with E-state index in [2.05, 4.69) is 18.8 Å². The lowest BCUT2D eigenvalue weighted by Crippen LogP contribution is -2.33. The van der Waals surface area contributed by atoms with Gasteiger partial charge in [0.1, 0.15) is 6.61 Å². The summed E-state index contributed by atoms with van der Waals surface area (Å²) in [6.07, 6.45) is 2.16. The molecular formula is C16H19NO2. The Morgan fingerprint density at radius 1 is 1.47 bits per heavy atom. The Kier molecular flexibility index (Phi) is 4.24. The molecule has 1 amide bonds. The first-order valence-electron chi connectivity index (χ1n) is 6.64. The summed E-state index contributed by atoms with van der Waals surface area (Å²) in [6.45, 7) is 4.72. The first-order valence-corrected chi connectivity index (χ1v) is 6.64. The molecule has 1 N–H and O–H groups in total. The first-order chi connectivity index (χ1) is 9.11. The number of rotatable bonds is 1. The normalized spacial score (nSPS) is 18.1. The molecule has 0 saturated carbocycles. The number of carbonyl (C=O) groups is 1. The van der Waals surface area contributed by atoms with Crippen LogP contribution < -0.4 is 0 Å². The average molecular weight is 257 g/mol. The van der Waals surface area contributed by atoms with Gasteiger partial charge in [-0.2, -0.15) is 0 Å². The molecule has 3 nitrogen and oxygen atoms in total. The van der Waals surface area contributed by atoms with Gasteiger partial charge in [-0.05, 0) is 50.5 Å². The highest BCUT2D eigenvalue weighted by atomic mass is 16.2. The molecule has 0 aromatic heterocycles. The maximum Gasteiger partial charge on any atom is 0.254 e. The number of likely N-dealkylation sites (tertiary alicyclic amines) is 1. The highest BCUT2D eigenvalue weighted by Gasteiger charge is 2.26. The van der Waals surface area contributed by atoms with Gasteiger partial charge in [-0.15, -0.1) is 0 Å². The Morgan fingerprint density at radius 2 is 2.26 bits per heavy atom. The molecule has 1 heterocycles. The SMILES string of the molecule is Cc1cc(C#CCO)cc(C(=O)N2CCCC2C)c1. The Bertz CT molecular complexity index is 539. The zero-order valence-electron chi connectivity index (χ0n) is 11.4. The van der Waals surface area contributed by atoms with Crippen LogP contribution in [0.25, 0.3) is 0 Å². The summed E-state index contributed by atoms with van der Waals surface area (Å²) in [7, 11) is 0. The zero-order chi connectivity index (χ0) is 13.8. The second-order valence-corrected chi connectivity index (χ2v) is 5.04. The van der Waals surface area contributed by atoms with Crippen LogP contribution in [0.2, 0.25) is 0 Å². The van der Waals surface area contributed by atoms with Crippen molar-refractivity contribution >= 4 is 5.91 Å². The summed E-state index contributed by atoms with van der Waals surface area (Å²) in [5, 5.41) is 8.73. The Hall–Kier alpha value is -1.79. The van der Waals surface area contributed by atoms with E-state index in [1.165, 1.54) is 0 Å². The van der Waals surface area contributed by atoms with Crippen molar-refractivity contribution in [3.05, 3.63) is 34.9 Å². The molecule has 0 bridgehead atoms. The Morgan fingerprint density at radius 3 is 2.89 bits per heavy atom. The van der Waals surface area contributed by atoms with E-state index < -0.39 is 0 Å². The molecule has 0 spiro atoms. The number of benzene rings is 1. The third-order valence-corrected chi connectivity index (χ3v) is 3.45. The number of aryl methyl sites for hydroxylation is 1. The lowest BCUT2D eigenvalue weighted by Gasteiger charge is -2.21. The van der Waals surface area contributed by atoms with Crippen LogP contribution >= 0.6 is 0 Å². The maximum atomic E-state index is 12.5. The van der Waals surface area contributed by atoms with Crippen LogP contribution in [-0.2, 0) is 0 Å². The second-order valence-electron chi connectivity index (χ2n) is 5.04. The van der Waals surface area contributed by atoms with Gasteiger partial charge in [0.05, 0.1) is 0 Å². The van der Waals surface area contributed by atoms with Gasteiger partial charge in [0.25, 0.3) is 5.91 Å². The number of hydrogen-bond donors (Lipinski definition) is 1. The molecule has 1 fully saturated rings. The van der Waals surface area contributed by atoms with E-state index in [1.807, 2.05) is 30.0 Å². The van der Waals surface area contributed by atoms with E-state index in [4.69, 9.17) is 5.11 Å². The number of nitrogens with zero attached hydrogens (tertiary/aromatic N) is 1. The molecule has 1 saturated heterocycles. The molecule has 1 aliphatic heterocycles. The van der Waals surface area contributed by atoms with Gasteiger partial charge in [-0.25, -0.2) is 0 Å². The van der Waals surface area contributed by atoms with Crippen molar-refractivity contribution in [2.24, 2.45) is 0 Å². The van der Waals surface area contributed by atoms with E-state index in [0.717, 1.165) is 30.5 Å². The maximum absolute atomic E-state index is 12.5. The minimum atomic E-state index is -0.166. The molecule has 1 aromatic rings. The van der Waals surface area contributed by atoms with Crippen LogP contribution in [0.3, 0.4) is 0 Å². The number of carbonyl (C=O) groups excluding carboxylic acids is 1. The topological polar surface area (TPSA) is 40.5 Å². The predicted molar refractivity (Wildman–Crippen MR) is 74.9 cm³/mol. The number of amides is 1. The fourth-order valence-corrected chi connectivity index (χ4v) is 2.52. The Labute approximate surface area is 114 Å². The van der Waals surface area contributed by atoms with Crippen molar-refractivity contribution in [2.75, 3.05) is 13.2 Å². The van der Waals surface area contributed by atoms with Gasteiger partial charge in [-0.1, -0.05) is 11.8 Å². The van der Waals surface area contributed by atoms with E-state index in [1.54, 1.807) is 0 Å². The largest absolute Gasteiger partial charge is 0.384 e. The average Bonchev–Trinajstić information content (AvgIpc) is 2.81. The smallest absolute Gasteiger partial charge is 0.254 e. The lowest BCUT2D eigenvalue weighted by molar-refractivity contribution is 0.0747. The van der Waals surface area contributed by atoms with Crippen LogP contribution in [0, 0.1) is 18.8 Å². The molecule has 100 valence electrons. The minimum absolute atomic E-state index is 0.0840. The Balaban J connectivity index is 2.28. The quantitative estimate of drug-likeness (QED) is 0.781. The molecule has 0 aliphatic carbocycles. The molecule has 0 radical (unpaired) electrons. The van der Waals surface area contributed by atoms with Crippen LogP contribution in [0.5, 0.6) is 0 Å². The van der Waals surface area contributed by atoms with Crippen LogP contribution in [0.15, 0.2) is 18.2 Å². The van der Waals surface area contributed by atoms with Gasteiger partial charge in [0.2, 0.25) is 0 Å². The standard InChI is InChI=1S/C16H19NO2/c1-12-9-14(6-4-8-18)11-15(10-12)16(19)17-7-3-5-13(17)2/h9-11,13,18H,3,5,7-8H2,1-2H3. The van der Waals surface area contributed by atoms with Crippen molar-refractivity contribution in [2.45, 2.75) is 32.7 Å². The number of hydrogen-bond acceptors (Lipinski definition) is 2. The third kappa shape index (κ3) is 3.15. The summed E-state index contributed by atoms with van der Waals surface area (Å²) < 4.78 is 0. The predicted octanol–water partition coefficient (Wildman–Crippen LogP) is 1.96. The zero-order valence-corrected chi connectivity index (χ0v) is 11.4. The van der Waals surface area contributed by atoms with Gasteiger partial charge in [0.15, 0.2) is 0 Å². The molecule has 1 aromatic carbocycles. The van der Waals surface area contributed by atoms with Crippen molar-refractivity contribution in [1.29, 1.82) is 0 Å². The van der Waals surface area contributed by atoms with Crippen molar-refractivity contribution in [1.82, 2.24) is 4.90 Å². The molecule has 2 rings (SSSR count). The molecule has 3 heteroatoms. The highest BCUT2D eigenvalue weighted by molar-refractivity contribution is 5.95. The summed E-state index contributed by atoms with van der Waals surface area (Å²) in [5.41, 5.74) is 2.49. The molecule has 1 aliphatic rings. The van der Waals surface area contributed by atoms with E-state index in [-0.39, 0.29) is 12.5 Å². The van der Waals surface area contributed by atoms with Gasteiger partial charge >= 0.3 is 0 Å². The first kappa shape index (κ1) is 13.6. The molecule has 1 unspecified atom stereocenters. The van der Waals surface area contributed by atoms with E-state index in [0.29, 0.717) is 11.6 Å². The van der Waals surface area contributed by atoms with Crippen LogP contribution in [-0.4, -0.2) is 35.1 Å². The lowest BCUT2D eigenvalue weighted by atomic mass is 10.1. The van der Waals surface area contributed by atoms with Gasteiger partial charge in [0, 0.05) is 23.7 Å². The van der Waals surface area contributed by atoms with E-state index >= 15 is 0 Å². The van der Waals surface area contributed by atoms with Gasteiger partial charge in [-0.3, -0.25) is 4.79 Å². The summed E-state index contributed by atoms with van der Waals surface area (Å²) in [5.74, 6) is 5.56. The van der Waals surface area contributed by atoms with Crippen LogP contribution in [0.1, 0.15) is 41.3 Å². The van der Waals surface area contributed by atoms with Crippen molar-refractivity contribution in [3.63, 3.8) is 0 Å². The fraction of sp³-hybridized carbons (Fsp3) is 0.438. The van der Waals surface area contributed by atoms with Crippen molar-refractivity contribution < 1.29 is 9.90 Å². The fourth-order valence-electron chi connectivity index (χ4n) is 2.52. The van der Waals surface area contributed by atoms with Gasteiger partial charge < -0.3 is 10.0 Å².